The highest BCUT2D eigenvalue weighted by Crippen LogP contribution is 2.14. The molecule has 1 fully saturated rings. The molecule has 0 atom stereocenters. The molecule has 134 valence electrons. The van der Waals surface area contributed by atoms with Crippen LogP contribution in [0.25, 0.3) is 0 Å². The minimum Gasteiger partial charge on any atom is -0.494 e. The van der Waals surface area contributed by atoms with E-state index in [1.165, 1.54) is 18.4 Å². The van der Waals surface area contributed by atoms with Gasteiger partial charge in [0.1, 0.15) is 5.75 Å². The smallest absolute Gasteiger partial charge is 0.194 e. The van der Waals surface area contributed by atoms with Crippen molar-refractivity contribution in [3.63, 3.8) is 0 Å². The fraction of sp³-hybridized carbons (Fsp3) is 0.632. The summed E-state index contributed by atoms with van der Waals surface area (Å²) in [5.41, 5.74) is 1.21. The lowest BCUT2D eigenvalue weighted by atomic mass is 10.2. The molecule has 2 rings (SSSR count). The Morgan fingerprint density at radius 2 is 1.92 bits per heavy atom. The van der Waals surface area contributed by atoms with Gasteiger partial charge in [-0.1, -0.05) is 12.1 Å². The summed E-state index contributed by atoms with van der Waals surface area (Å²) in [6.45, 7) is 7.78. The average molecular weight is 332 g/mol. The standard InChI is InChI=1S/C19H32N4O/c1-4-20-19(23-13-5-6-14-23)21-16-17-8-10-18(11-9-17)24-15-7-12-22(2)3/h8-11H,4-7,12-16H2,1-3H3,(H,20,21). The summed E-state index contributed by atoms with van der Waals surface area (Å²) in [6.07, 6.45) is 3.58. The Morgan fingerprint density at radius 3 is 2.54 bits per heavy atom. The minimum absolute atomic E-state index is 0.708. The first-order chi connectivity index (χ1) is 11.7. The summed E-state index contributed by atoms with van der Waals surface area (Å²) < 4.78 is 5.77. The number of benzene rings is 1. The largest absolute Gasteiger partial charge is 0.494 e. The topological polar surface area (TPSA) is 40.1 Å². The normalized spacial score (nSPS) is 15.2. The average Bonchev–Trinajstić information content (AvgIpc) is 3.11. The fourth-order valence-electron chi connectivity index (χ4n) is 2.78. The van der Waals surface area contributed by atoms with Crippen LogP contribution >= 0.6 is 0 Å². The highest BCUT2D eigenvalue weighted by atomic mass is 16.5. The molecule has 0 spiro atoms. The number of hydrogen-bond acceptors (Lipinski definition) is 3. The van der Waals surface area contributed by atoms with E-state index in [0.717, 1.165) is 50.9 Å². The van der Waals surface area contributed by atoms with Crippen molar-refractivity contribution in [1.82, 2.24) is 15.1 Å². The van der Waals surface area contributed by atoms with Crippen molar-refractivity contribution in [2.45, 2.75) is 32.7 Å². The molecule has 0 amide bonds. The van der Waals surface area contributed by atoms with Crippen molar-refractivity contribution in [3.8, 4) is 5.75 Å². The molecule has 5 heteroatoms. The monoisotopic (exact) mass is 332 g/mol. The van der Waals surface area contributed by atoms with Crippen molar-refractivity contribution in [2.75, 3.05) is 46.9 Å². The molecule has 1 saturated heterocycles. The molecule has 1 N–H and O–H groups in total. The van der Waals surface area contributed by atoms with Gasteiger partial charge in [0.2, 0.25) is 0 Å². The van der Waals surface area contributed by atoms with E-state index in [9.17, 15) is 0 Å². The molecule has 1 aromatic rings. The van der Waals surface area contributed by atoms with Crippen molar-refractivity contribution in [1.29, 1.82) is 0 Å². The lowest BCUT2D eigenvalue weighted by Crippen LogP contribution is -2.39. The van der Waals surface area contributed by atoms with Gasteiger partial charge < -0.3 is 19.9 Å². The van der Waals surface area contributed by atoms with Crippen LogP contribution in [-0.4, -0.2) is 62.6 Å². The molecule has 0 unspecified atom stereocenters. The maximum Gasteiger partial charge on any atom is 0.194 e. The van der Waals surface area contributed by atoms with Crippen LogP contribution in [0.15, 0.2) is 29.3 Å². The maximum atomic E-state index is 5.77. The van der Waals surface area contributed by atoms with Gasteiger partial charge in [0.05, 0.1) is 13.2 Å². The molecule has 0 saturated carbocycles. The summed E-state index contributed by atoms with van der Waals surface area (Å²) in [5.74, 6) is 1.98. The highest BCUT2D eigenvalue weighted by Gasteiger charge is 2.15. The van der Waals surface area contributed by atoms with Crippen LogP contribution in [0.5, 0.6) is 5.75 Å². The number of guanidine groups is 1. The van der Waals surface area contributed by atoms with Crippen molar-refractivity contribution in [3.05, 3.63) is 29.8 Å². The Balaban J connectivity index is 1.82. The predicted octanol–water partition coefficient (Wildman–Crippen LogP) is 2.58. The van der Waals surface area contributed by atoms with Gasteiger partial charge >= 0.3 is 0 Å². The molecular weight excluding hydrogens is 300 g/mol. The molecule has 24 heavy (non-hydrogen) atoms. The fourth-order valence-corrected chi connectivity index (χ4v) is 2.78. The second-order valence-corrected chi connectivity index (χ2v) is 6.51. The van der Waals surface area contributed by atoms with E-state index in [-0.39, 0.29) is 0 Å². The molecule has 0 aliphatic carbocycles. The van der Waals surface area contributed by atoms with Crippen LogP contribution in [0.1, 0.15) is 31.7 Å². The van der Waals surface area contributed by atoms with E-state index in [1.807, 2.05) is 12.1 Å². The molecule has 0 aromatic heterocycles. The summed E-state index contributed by atoms with van der Waals surface area (Å²) in [4.78, 5) is 9.30. The molecule has 0 radical (unpaired) electrons. The van der Waals surface area contributed by atoms with Crippen LogP contribution in [-0.2, 0) is 6.54 Å². The third-order valence-electron chi connectivity index (χ3n) is 4.09. The summed E-state index contributed by atoms with van der Waals surface area (Å²) in [5, 5.41) is 3.40. The Labute approximate surface area is 146 Å². The second-order valence-electron chi connectivity index (χ2n) is 6.51. The van der Waals surface area contributed by atoms with E-state index in [2.05, 4.69) is 48.3 Å². The van der Waals surface area contributed by atoms with E-state index >= 15 is 0 Å². The number of hydrogen-bond donors (Lipinski definition) is 1. The molecule has 1 aliphatic rings. The van der Waals surface area contributed by atoms with Gasteiger partial charge in [-0.3, -0.25) is 0 Å². The minimum atomic E-state index is 0.708. The van der Waals surface area contributed by atoms with E-state index < -0.39 is 0 Å². The van der Waals surface area contributed by atoms with Crippen molar-refractivity contribution in [2.24, 2.45) is 4.99 Å². The number of likely N-dealkylation sites (tertiary alicyclic amines) is 1. The Hall–Kier alpha value is -1.75. The predicted molar refractivity (Wildman–Crippen MR) is 101 cm³/mol. The van der Waals surface area contributed by atoms with Gasteiger partial charge in [0.25, 0.3) is 0 Å². The summed E-state index contributed by atoms with van der Waals surface area (Å²) in [7, 11) is 4.16. The van der Waals surface area contributed by atoms with Gasteiger partial charge in [-0.05, 0) is 58.0 Å². The van der Waals surface area contributed by atoms with E-state index in [1.54, 1.807) is 0 Å². The third kappa shape index (κ3) is 6.40. The van der Waals surface area contributed by atoms with Crippen molar-refractivity contribution < 1.29 is 4.74 Å². The number of nitrogens with zero attached hydrogens (tertiary/aromatic N) is 3. The zero-order valence-corrected chi connectivity index (χ0v) is 15.4. The van der Waals surface area contributed by atoms with Gasteiger partial charge in [0.15, 0.2) is 5.96 Å². The third-order valence-corrected chi connectivity index (χ3v) is 4.09. The van der Waals surface area contributed by atoms with E-state index in [4.69, 9.17) is 9.73 Å². The second kappa shape index (κ2) is 10.2. The quantitative estimate of drug-likeness (QED) is 0.451. The molecule has 1 aromatic carbocycles. The van der Waals surface area contributed by atoms with Gasteiger partial charge in [-0.15, -0.1) is 0 Å². The lowest BCUT2D eigenvalue weighted by molar-refractivity contribution is 0.281. The zero-order valence-electron chi connectivity index (χ0n) is 15.4. The first-order valence-corrected chi connectivity index (χ1v) is 9.08. The highest BCUT2D eigenvalue weighted by molar-refractivity contribution is 5.80. The van der Waals surface area contributed by atoms with Gasteiger partial charge in [0, 0.05) is 26.2 Å². The molecule has 0 bridgehead atoms. The molecule has 1 heterocycles. The van der Waals surface area contributed by atoms with Crippen LogP contribution in [0.2, 0.25) is 0 Å². The summed E-state index contributed by atoms with van der Waals surface area (Å²) >= 11 is 0. The summed E-state index contributed by atoms with van der Waals surface area (Å²) in [6, 6.07) is 8.31. The number of rotatable bonds is 8. The first-order valence-electron chi connectivity index (χ1n) is 9.08. The van der Waals surface area contributed by atoms with Gasteiger partial charge in [-0.2, -0.15) is 0 Å². The zero-order chi connectivity index (χ0) is 17.2. The van der Waals surface area contributed by atoms with Crippen LogP contribution in [0, 0.1) is 0 Å². The Morgan fingerprint density at radius 1 is 1.21 bits per heavy atom. The van der Waals surface area contributed by atoms with E-state index in [0.29, 0.717) is 6.54 Å². The maximum absolute atomic E-state index is 5.77. The van der Waals surface area contributed by atoms with Crippen LogP contribution in [0.4, 0.5) is 0 Å². The molecule has 1 aliphatic heterocycles. The molecular formula is C19H32N4O. The Bertz CT molecular complexity index is 493. The van der Waals surface area contributed by atoms with Crippen molar-refractivity contribution >= 4 is 5.96 Å². The van der Waals surface area contributed by atoms with Crippen LogP contribution < -0.4 is 10.1 Å². The molecule has 5 nitrogen and oxygen atoms in total. The Kier molecular flexibility index (Phi) is 7.89. The van der Waals surface area contributed by atoms with Crippen LogP contribution in [0.3, 0.4) is 0 Å². The lowest BCUT2D eigenvalue weighted by Gasteiger charge is -2.20. The first kappa shape index (κ1) is 18.6. The number of ether oxygens (including phenoxy) is 1. The SMILES string of the molecule is CCNC(=NCc1ccc(OCCCN(C)C)cc1)N1CCCC1. The number of aliphatic imine (C=N–C) groups is 1. The number of nitrogens with one attached hydrogen (secondary N) is 1. The van der Waals surface area contributed by atoms with Gasteiger partial charge in [-0.25, -0.2) is 4.99 Å².